The van der Waals surface area contributed by atoms with Gasteiger partial charge in [-0.25, -0.2) is 5.43 Å². The summed E-state index contributed by atoms with van der Waals surface area (Å²) in [6.07, 6.45) is 0. The summed E-state index contributed by atoms with van der Waals surface area (Å²) in [7, 11) is 0. The quantitative estimate of drug-likeness (QED) is 0.440. The average Bonchev–Trinajstić information content (AvgIpc) is 1.96. The minimum absolute atomic E-state index is 0.149. The molecular formula is C6H12N2O4. The summed E-state index contributed by atoms with van der Waals surface area (Å²) < 4.78 is 0. The van der Waals surface area contributed by atoms with E-state index in [1.54, 1.807) is 0 Å². The molecule has 0 saturated carbocycles. The zero-order valence-corrected chi connectivity index (χ0v) is 6.78. The summed E-state index contributed by atoms with van der Waals surface area (Å²) in [5.41, 5.74) is 2.45. The normalized spacial score (nSPS) is 9.50. The first-order valence-corrected chi connectivity index (χ1v) is 3.42. The van der Waals surface area contributed by atoms with Crippen LogP contribution in [-0.4, -0.2) is 46.8 Å². The van der Waals surface area contributed by atoms with E-state index in [1.165, 1.54) is 6.92 Å². The molecule has 6 nitrogen and oxygen atoms in total. The topological polar surface area (TPSA) is 89.9 Å². The van der Waals surface area contributed by atoms with Crippen LogP contribution in [0.15, 0.2) is 0 Å². The number of amides is 1. The monoisotopic (exact) mass is 176 g/mol. The highest BCUT2D eigenvalue weighted by Crippen LogP contribution is 1.82. The molecule has 12 heavy (non-hydrogen) atoms. The molecule has 0 fully saturated rings. The van der Waals surface area contributed by atoms with E-state index < -0.39 is 18.4 Å². The molecule has 0 saturated heterocycles. The third-order valence-corrected chi connectivity index (χ3v) is 1.09. The fraction of sp³-hybridized carbons (Fsp3) is 0.667. The lowest BCUT2D eigenvalue weighted by molar-refractivity contribution is -0.146. The number of rotatable bonds is 5. The van der Waals surface area contributed by atoms with Gasteiger partial charge in [0.25, 0.3) is 0 Å². The Morgan fingerprint density at radius 3 is 2.42 bits per heavy atom. The molecule has 0 aromatic carbocycles. The van der Waals surface area contributed by atoms with Crippen molar-refractivity contribution >= 4 is 11.9 Å². The molecule has 3 N–H and O–H groups in total. The highest BCUT2D eigenvalue weighted by molar-refractivity contribution is 5.79. The molecule has 0 aliphatic carbocycles. The summed E-state index contributed by atoms with van der Waals surface area (Å²) in [6, 6.07) is 0. The van der Waals surface area contributed by atoms with Crippen LogP contribution in [0.5, 0.6) is 0 Å². The maximum absolute atomic E-state index is 10.7. The Kier molecular flexibility index (Phi) is 4.98. The lowest BCUT2D eigenvalue weighted by atomic mass is 10.5. The van der Waals surface area contributed by atoms with Crippen LogP contribution in [0.25, 0.3) is 0 Å². The molecule has 0 radical (unpaired) electrons. The van der Waals surface area contributed by atoms with Crippen molar-refractivity contribution in [3.05, 3.63) is 0 Å². The van der Waals surface area contributed by atoms with Crippen LogP contribution in [0.3, 0.4) is 0 Å². The van der Waals surface area contributed by atoms with Crippen LogP contribution in [0.1, 0.15) is 6.92 Å². The van der Waals surface area contributed by atoms with Gasteiger partial charge in [0, 0.05) is 13.5 Å². The first kappa shape index (κ1) is 10.9. The number of carbonyl (C=O) groups excluding carboxylic acids is 1. The fourth-order valence-corrected chi connectivity index (χ4v) is 0.599. The van der Waals surface area contributed by atoms with Gasteiger partial charge in [-0.15, -0.1) is 0 Å². The summed E-state index contributed by atoms with van der Waals surface area (Å²) in [5, 5.41) is 17.6. The summed E-state index contributed by atoms with van der Waals surface area (Å²) in [4.78, 5) is 20.9. The van der Waals surface area contributed by atoms with Gasteiger partial charge < -0.3 is 10.2 Å². The molecule has 0 aromatic rings. The van der Waals surface area contributed by atoms with Crippen molar-refractivity contribution in [3.63, 3.8) is 0 Å². The molecular weight excluding hydrogens is 164 g/mol. The number of nitrogens with one attached hydrogen (secondary N) is 1. The maximum atomic E-state index is 10.7. The first-order valence-electron chi connectivity index (χ1n) is 3.42. The van der Waals surface area contributed by atoms with Gasteiger partial charge in [0.2, 0.25) is 5.91 Å². The Hall–Kier alpha value is -1.14. The fourth-order valence-electron chi connectivity index (χ4n) is 0.599. The van der Waals surface area contributed by atoms with Crippen LogP contribution in [0, 0.1) is 0 Å². The SMILES string of the molecule is CC(=O)N(CC(=O)O)NCCO. The predicted octanol–water partition coefficient (Wildman–Crippen LogP) is -1.58. The Morgan fingerprint density at radius 1 is 1.50 bits per heavy atom. The van der Waals surface area contributed by atoms with Crippen LogP contribution in [0.4, 0.5) is 0 Å². The molecule has 0 spiro atoms. The molecule has 6 heteroatoms. The van der Waals surface area contributed by atoms with Crippen LogP contribution >= 0.6 is 0 Å². The van der Waals surface area contributed by atoms with Gasteiger partial charge in [0.1, 0.15) is 6.54 Å². The van der Waals surface area contributed by atoms with Gasteiger partial charge >= 0.3 is 5.97 Å². The molecule has 70 valence electrons. The van der Waals surface area contributed by atoms with Crippen LogP contribution in [-0.2, 0) is 9.59 Å². The van der Waals surface area contributed by atoms with Gasteiger partial charge in [0.15, 0.2) is 0 Å². The van der Waals surface area contributed by atoms with Gasteiger partial charge in [-0.1, -0.05) is 0 Å². The standard InChI is InChI=1S/C6H12N2O4/c1-5(10)8(4-6(11)12)7-2-3-9/h7,9H,2-4H2,1H3,(H,11,12). The molecule has 0 bridgehead atoms. The van der Waals surface area contributed by atoms with Crippen molar-refractivity contribution in [2.75, 3.05) is 19.7 Å². The third kappa shape index (κ3) is 4.64. The lowest BCUT2D eigenvalue weighted by Gasteiger charge is -2.18. The van der Waals surface area contributed by atoms with Crippen molar-refractivity contribution in [3.8, 4) is 0 Å². The number of hydrazine groups is 1. The Bertz CT molecular complexity index is 171. The van der Waals surface area contributed by atoms with E-state index in [0.29, 0.717) is 0 Å². The number of carboxylic acid groups (broad SMARTS) is 1. The van der Waals surface area contributed by atoms with E-state index in [9.17, 15) is 9.59 Å². The second kappa shape index (κ2) is 5.50. The number of hydrogen-bond acceptors (Lipinski definition) is 4. The second-order valence-corrected chi connectivity index (χ2v) is 2.13. The number of carbonyl (C=O) groups is 2. The van der Waals surface area contributed by atoms with E-state index in [4.69, 9.17) is 10.2 Å². The van der Waals surface area contributed by atoms with Crippen molar-refractivity contribution < 1.29 is 19.8 Å². The first-order chi connectivity index (χ1) is 5.57. The summed E-state index contributed by atoms with van der Waals surface area (Å²) in [6.45, 7) is 0.846. The lowest BCUT2D eigenvalue weighted by Crippen LogP contribution is -2.45. The number of nitrogens with zero attached hydrogens (tertiary/aromatic N) is 1. The maximum Gasteiger partial charge on any atom is 0.324 e. The number of aliphatic hydroxyl groups is 1. The van der Waals surface area contributed by atoms with Crippen molar-refractivity contribution in [1.82, 2.24) is 10.4 Å². The number of aliphatic hydroxyl groups excluding tert-OH is 1. The Balaban J connectivity index is 3.87. The molecule has 0 aromatic heterocycles. The Morgan fingerprint density at radius 2 is 2.08 bits per heavy atom. The predicted molar refractivity (Wildman–Crippen MR) is 40.1 cm³/mol. The smallest absolute Gasteiger partial charge is 0.324 e. The van der Waals surface area contributed by atoms with Crippen molar-refractivity contribution in [2.24, 2.45) is 0 Å². The van der Waals surface area contributed by atoms with Gasteiger partial charge in [-0.2, -0.15) is 0 Å². The molecule has 0 unspecified atom stereocenters. The molecule has 0 heterocycles. The van der Waals surface area contributed by atoms with E-state index in [2.05, 4.69) is 5.43 Å². The number of hydrogen-bond donors (Lipinski definition) is 3. The van der Waals surface area contributed by atoms with Gasteiger partial charge in [0.05, 0.1) is 6.61 Å². The molecule has 0 aliphatic rings. The van der Waals surface area contributed by atoms with Gasteiger partial charge in [-0.05, 0) is 0 Å². The summed E-state index contributed by atoms with van der Waals surface area (Å²) >= 11 is 0. The largest absolute Gasteiger partial charge is 0.480 e. The highest BCUT2D eigenvalue weighted by Gasteiger charge is 2.10. The van der Waals surface area contributed by atoms with E-state index >= 15 is 0 Å². The average molecular weight is 176 g/mol. The summed E-state index contributed by atoms with van der Waals surface area (Å²) in [5.74, 6) is -1.50. The van der Waals surface area contributed by atoms with Crippen molar-refractivity contribution in [1.29, 1.82) is 0 Å². The molecule has 1 amide bonds. The van der Waals surface area contributed by atoms with Crippen molar-refractivity contribution in [2.45, 2.75) is 6.92 Å². The number of aliphatic carboxylic acids is 1. The van der Waals surface area contributed by atoms with Gasteiger partial charge in [-0.3, -0.25) is 14.6 Å². The minimum atomic E-state index is -1.10. The molecule has 0 aliphatic heterocycles. The Labute approximate surface area is 69.8 Å². The highest BCUT2D eigenvalue weighted by atomic mass is 16.4. The van der Waals surface area contributed by atoms with E-state index in [-0.39, 0.29) is 13.2 Å². The second-order valence-electron chi connectivity index (χ2n) is 2.13. The third-order valence-electron chi connectivity index (χ3n) is 1.09. The minimum Gasteiger partial charge on any atom is -0.480 e. The number of carboxylic acids is 1. The van der Waals surface area contributed by atoms with E-state index in [1.807, 2.05) is 0 Å². The van der Waals surface area contributed by atoms with Crippen LogP contribution in [0.2, 0.25) is 0 Å². The zero-order chi connectivity index (χ0) is 9.56. The zero-order valence-electron chi connectivity index (χ0n) is 6.78. The van der Waals surface area contributed by atoms with E-state index in [0.717, 1.165) is 5.01 Å². The van der Waals surface area contributed by atoms with Crippen LogP contribution < -0.4 is 5.43 Å². The molecule has 0 rings (SSSR count). The molecule has 0 atom stereocenters.